The Morgan fingerprint density at radius 2 is 1.94 bits per heavy atom. The highest BCUT2D eigenvalue weighted by Crippen LogP contribution is 2.05. The first-order valence-electron chi connectivity index (χ1n) is 4.79. The van der Waals surface area contributed by atoms with Gasteiger partial charge in [0.25, 0.3) is 0 Å². The SMILES string of the molecule is COC(=O)c1ccc(CNCC(N)=O)cc1. The number of hydrogen-bond donors (Lipinski definition) is 2. The van der Waals surface area contributed by atoms with E-state index in [9.17, 15) is 9.59 Å². The van der Waals surface area contributed by atoms with Crippen LogP contribution in [0, 0.1) is 0 Å². The third kappa shape index (κ3) is 3.70. The van der Waals surface area contributed by atoms with Crippen LogP contribution in [-0.4, -0.2) is 25.5 Å². The number of benzene rings is 1. The maximum absolute atomic E-state index is 11.1. The maximum atomic E-state index is 11.1. The zero-order chi connectivity index (χ0) is 12.0. The van der Waals surface area contributed by atoms with Gasteiger partial charge in [-0.15, -0.1) is 0 Å². The van der Waals surface area contributed by atoms with Crippen molar-refractivity contribution >= 4 is 11.9 Å². The Bertz CT molecular complexity index is 373. The van der Waals surface area contributed by atoms with Gasteiger partial charge >= 0.3 is 5.97 Å². The molecule has 1 aromatic carbocycles. The molecular weight excluding hydrogens is 208 g/mol. The van der Waals surface area contributed by atoms with Crippen LogP contribution in [0.15, 0.2) is 24.3 Å². The van der Waals surface area contributed by atoms with E-state index in [-0.39, 0.29) is 12.5 Å². The number of carbonyl (C=O) groups is 2. The zero-order valence-corrected chi connectivity index (χ0v) is 9.03. The first-order valence-corrected chi connectivity index (χ1v) is 4.79. The molecule has 0 radical (unpaired) electrons. The molecule has 0 bridgehead atoms. The standard InChI is InChI=1S/C11H14N2O3/c1-16-11(15)9-4-2-8(3-5-9)6-13-7-10(12)14/h2-5,13H,6-7H2,1H3,(H2,12,14). The van der Waals surface area contributed by atoms with Crippen LogP contribution < -0.4 is 11.1 Å². The van der Waals surface area contributed by atoms with Crippen molar-refractivity contribution in [1.82, 2.24) is 5.32 Å². The number of methoxy groups -OCH3 is 1. The summed E-state index contributed by atoms with van der Waals surface area (Å²) in [6.45, 7) is 0.670. The third-order valence-electron chi connectivity index (χ3n) is 2.00. The lowest BCUT2D eigenvalue weighted by Crippen LogP contribution is -2.28. The Labute approximate surface area is 93.6 Å². The molecule has 0 heterocycles. The van der Waals surface area contributed by atoms with Gasteiger partial charge in [0.15, 0.2) is 0 Å². The van der Waals surface area contributed by atoms with E-state index in [1.807, 2.05) is 0 Å². The maximum Gasteiger partial charge on any atom is 0.337 e. The van der Waals surface area contributed by atoms with Crippen molar-refractivity contribution in [2.75, 3.05) is 13.7 Å². The van der Waals surface area contributed by atoms with E-state index in [1.54, 1.807) is 24.3 Å². The van der Waals surface area contributed by atoms with E-state index < -0.39 is 5.91 Å². The van der Waals surface area contributed by atoms with E-state index >= 15 is 0 Å². The zero-order valence-electron chi connectivity index (χ0n) is 9.03. The number of nitrogens with one attached hydrogen (secondary N) is 1. The fraction of sp³-hybridized carbons (Fsp3) is 0.273. The molecule has 0 saturated carbocycles. The van der Waals surface area contributed by atoms with E-state index in [2.05, 4.69) is 10.1 Å². The quantitative estimate of drug-likeness (QED) is 0.690. The average molecular weight is 222 g/mol. The minimum atomic E-state index is -0.397. The summed E-state index contributed by atoms with van der Waals surface area (Å²) in [5.74, 6) is -0.761. The van der Waals surface area contributed by atoms with Crippen LogP contribution in [0.4, 0.5) is 0 Å². The molecule has 3 N–H and O–H groups in total. The summed E-state index contributed by atoms with van der Waals surface area (Å²) < 4.78 is 4.57. The van der Waals surface area contributed by atoms with Crippen molar-refractivity contribution in [3.63, 3.8) is 0 Å². The molecule has 1 amide bonds. The molecule has 0 fully saturated rings. The van der Waals surface area contributed by atoms with Crippen molar-refractivity contribution in [3.8, 4) is 0 Å². The molecule has 5 heteroatoms. The predicted octanol–water partition coefficient (Wildman–Crippen LogP) is 0.0481. The number of esters is 1. The van der Waals surface area contributed by atoms with Gasteiger partial charge in [-0.05, 0) is 17.7 Å². The summed E-state index contributed by atoms with van der Waals surface area (Å²) in [5.41, 5.74) is 6.44. The Kier molecular flexibility index (Phi) is 4.47. The Balaban J connectivity index is 2.51. The summed E-state index contributed by atoms with van der Waals surface area (Å²) in [6.07, 6.45) is 0. The lowest BCUT2D eigenvalue weighted by Gasteiger charge is -2.03. The van der Waals surface area contributed by atoms with Gasteiger partial charge in [0.05, 0.1) is 19.2 Å². The highest BCUT2D eigenvalue weighted by Gasteiger charge is 2.03. The molecular formula is C11H14N2O3. The number of rotatable bonds is 5. The van der Waals surface area contributed by atoms with Crippen LogP contribution in [0.25, 0.3) is 0 Å². The van der Waals surface area contributed by atoms with E-state index in [0.717, 1.165) is 5.56 Å². The monoisotopic (exact) mass is 222 g/mol. The molecule has 0 spiro atoms. The summed E-state index contributed by atoms with van der Waals surface area (Å²) in [5, 5.41) is 2.87. The second kappa shape index (κ2) is 5.87. The van der Waals surface area contributed by atoms with E-state index in [1.165, 1.54) is 7.11 Å². The first kappa shape index (κ1) is 12.2. The van der Waals surface area contributed by atoms with Gasteiger partial charge in [0, 0.05) is 6.54 Å². The molecule has 5 nitrogen and oxygen atoms in total. The first-order chi connectivity index (χ1) is 7.63. The van der Waals surface area contributed by atoms with Gasteiger partial charge in [0.2, 0.25) is 5.91 Å². The van der Waals surface area contributed by atoms with Gasteiger partial charge in [-0.25, -0.2) is 4.79 Å². The Morgan fingerprint density at radius 3 is 2.44 bits per heavy atom. The lowest BCUT2D eigenvalue weighted by atomic mass is 10.1. The van der Waals surface area contributed by atoms with Crippen molar-refractivity contribution in [2.45, 2.75) is 6.54 Å². The van der Waals surface area contributed by atoms with Crippen LogP contribution in [0.1, 0.15) is 15.9 Å². The fourth-order valence-corrected chi connectivity index (χ4v) is 1.21. The Morgan fingerprint density at radius 1 is 1.31 bits per heavy atom. The fourth-order valence-electron chi connectivity index (χ4n) is 1.21. The minimum Gasteiger partial charge on any atom is -0.465 e. The smallest absolute Gasteiger partial charge is 0.337 e. The second-order valence-electron chi connectivity index (χ2n) is 3.26. The van der Waals surface area contributed by atoms with Gasteiger partial charge in [-0.2, -0.15) is 0 Å². The van der Waals surface area contributed by atoms with Gasteiger partial charge in [-0.1, -0.05) is 12.1 Å². The molecule has 0 aliphatic rings. The number of nitrogens with two attached hydrogens (primary N) is 1. The summed E-state index contributed by atoms with van der Waals surface area (Å²) in [7, 11) is 1.34. The van der Waals surface area contributed by atoms with Crippen molar-refractivity contribution in [2.24, 2.45) is 5.73 Å². The summed E-state index contributed by atoms with van der Waals surface area (Å²) >= 11 is 0. The predicted molar refractivity (Wildman–Crippen MR) is 58.7 cm³/mol. The second-order valence-corrected chi connectivity index (χ2v) is 3.26. The van der Waals surface area contributed by atoms with E-state index in [0.29, 0.717) is 12.1 Å². The summed E-state index contributed by atoms with van der Waals surface area (Å²) in [6, 6.07) is 6.93. The van der Waals surface area contributed by atoms with Crippen LogP contribution in [-0.2, 0) is 16.1 Å². The number of amides is 1. The van der Waals surface area contributed by atoms with Crippen LogP contribution in [0.2, 0.25) is 0 Å². The van der Waals surface area contributed by atoms with Crippen molar-refractivity contribution < 1.29 is 14.3 Å². The number of ether oxygens (including phenoxy) is 1. The van der Waals surface area contributed by atoms with Gasteiger partial charge in [0.1, 0.15) is 0 Å². The highest BCUT2D eigenvalue weighted by molar-refractivity contribution is 5.89. The molecule has 0 atom stereocenters. The average Bonchev–Trinajstić information content (AvgIpc) is 2.28. The number of hydrogen-bond acceptors (Lipinski definition) is 4. The molecule has 0 saturated heterocycles. The molecule has 0 aliphatic carbocycles. The third-order valence-corrected chi connectivity index (χ3v) is 2.00. The molecule has 1 aromatic rings. The normalized spacial score (nSPS) is 9.81. The van der Waals surface area contributed by atoms with Gasteiger partial charge < -0.3 is 15.8 Å². The topological polar surface area (TPSA) is 81.4 Å². The van der Waals surface area contributed by atoms with Crippen LogP contribution in [0.3, 0.4) is 0 Å². The van der Waals surface area contributed by atoms with Crippen molar-refractivity contribution in [1.29, 1.82) is 0 Å². The molecule has 0 aliphatic heterocycles. The lowest BCUT2D eigenvalue weighted by molar-refractivity contribution is -0.117. The highest BCUT2D eigenvalue weighted by atomic mass is 16.5. The molecule has 0 aromatic heterocycles. The van der Waals surface area contributed by atoms with Gasteiger partial charge in [-0.3, -0.25) is 4.79 Å². The van der Waals surface area contributed by atoms with Crippen LogP contribution in [0.5, 0.6) is 0 Å². The molecule has 86 valence electrons. The molecule has 16 heavy (non-hydrogen) atoms. The number of carbonyl (C=O) groups excluding carboxylic acids is 2. The Hall–Kier alpha value is -1.88. The van der Waals surface area contributed by atoms with Crippen LogP contribution >= 0.6 is 0 Å². The van der Waals surface area contributed by atoms with E-state index in [4.69, 9.17) is 5.73 Å². The van der Waals surface area contributed by atoms with Crippen molar-refractivity contribution in [3.05, 3.63) is 35.4 Å². The summed E-state index contributed by atoms with van der Waals surface area (Å²) in [4.78, 5) is 21.6. The minimum absolute atomic E-state index is 0.138. The molecule has 1 rings (SSSR count). The molecule has 0 unspecified atom stereocenters. The largest absolute Gasteiger partial charge is 0.465 e. The number of primary amides is 1.